The number of piperidine rings is 1. The van der Waals surface area contributed by atoms with Crippen LogP contribution in [0.2, 0.25) is 0 Å². The predicted octanol–water partition coefficient (Wildman–Crippen LogP) is 1.54. The van der Waals surface area contributed by atoms with Gasteiger partial charge in [0, 0.05) is 13.1 Å². The van der Waals surface area contributed by atoms with Crippen LogP contribution in [0.5, 0.6) is 0 Å². The van der Waals surface area contributed by atoms with E-state index in [0.717, 1.165) is 12.8 Å². The molecule has 0 aliphatic carbocycles. The second kappa shape index (κ2) is 4.83. The Morgan fingerprint density at radius 2 is 2.44 bits per heavy atom. The van der Waals surface area contributed by atoms with Crippen molar-refractivity contribution in [3.8, 4) is 6.07 Å². The summed E-state index contributed by atoms with van der Waals surface area (Å²) >= 11 is 0. The second-order valence-electron chi connectivity index (χ2n) is 4.93. The summed E-state index contributed by atoms with van der Waals surface area (Å²) in [5, 5.41) is 18.0. The lowest BCUT2D eigenvalue weighted by atomic mass is 9.83. The summed E-state index contributed by atoms with van der Waals surface area (Å²) in [7, 11) is 0. The fourth-order valence-corrected chi connectivity index (χ4v) is 2.24. The quantitative estimate of drug-likeness (QED) is 0.861. The number of rotatable bonds is 2. The summed E-state index contributed by atoms with van der Waals surface area (Å²) in [5.74, 6) is 0.385. The number of carbonyl (C=O) groups is 1. The molecular formula is C13H16N2O3. The molecule has 0 spiro atoms. The lowest BCUT2D eigenvalue weighted by Gasteiger charge is -2.35. The van der Waals surface area contributed by atoms with Gasteiger partial charge in [0.05, 0.1) is 11.5 Å². The highest BCUT2D eigenvalue weighted by Gasteiger charge is 2.34. The molecule has 1 aliphatic rings. The van der Waals surface area contributed by atoms with Crippen molar-refractivity contribution in [2.45, 2.75) is 26.4 Å². The third-order valence-corrected chi connectivity index (χ3v) is 3.28. The molecule has 1 aromatic rings. The molecule has 1 amide bonds. The van der Waals surface area contributed by atoms with Gasteiger partial charge in [0.1, 0.15) is 12.4 Å². The van der Waals surface area contributed by atoms with E-state index in [9.17, 15) is 4.79 Å². The Morgan fingerprint density at radius 3 is 3.06 bits per heavy atom. The van der Waals surface area contributed by atoms with Gasteiger partial charge in [-0.15, -0.1) is 0 Å². The molecule has 1 aliphatic heterocycles. The molecule has 0 radical (unpaired) electrons. The average Bonchev–Trinajstić information content (AvgIpc) is 2.86. The zero-order valence-corrected chi connectivity index (χ0v) is 10.3. The van der Waals surface area contributed by atoms with E-state index in [1.807, 2.05) is 6.92 Å². The monoisotopic (exact) mass is 248 g/mol. The van der Waals surface area contributed by atoms with Crippen LogP contribution in [0.4, 0.5) is 0 Å². The molecule has 5 heteroatoms. The number of nitriles is 1. The molecule has 1 fully saturated rings. The summed E-state index contributed by atoms with van der Waals surface area (Å²) in [4.78, 5) is 13.8. The van der Waals surface area contributed by atoms with E-state index in [1.165, 1.54) is 0 Å². The number of furan rings is 1. The average molecular weight is 248 g/mol. The largest absolute Gasteiger partial charge is 0.453 e. The molecule has 2 rings (SSSR count). The molecule has 1 saturated heterocycles. The molecule has 0 bridgehead atoms. The Hall–Kier alpha value is -1.80. The lowest BCUT2D eigenvalue weighted by molar-refractivity contribution is 0.0594. The molecule has 1 aromatic heterocycles. The van der Waals surface area contributed by atoms with Crippen molar-refractivity contribution in [3.63, 3.8) is 0 Å². The van der Waals surface area contributed by atoms with Crippen LogP contribution in [-0.2, 0) is 6.61 Å². The van der Waals surface area contributed by atoms with Crippen LogP contribution in [0.1, 0.15) is 36.1 Å². The summed E-state index contributed by atoms with van der Waals surface area (Å²) in [6.07, 6.45) is 1.64. The minimum atomic E-state index is -0.472. The molecule has 18 heavy (non-hydrogen) atoms. The molecule has 5 nitrogen and oxygen atoms in total. The van der Waals surface area contributed by atoms with Gasteiger partial charge in [-0.3, -0.25) is 4.79 Å². The first kappa shape index (κ1) is 12.7. The minimum absolute atomic E-state index is 0.212. The van der Waals surface area contributed by atoms with E-state index >= 15 is 0 Å². The zero-order valence-electron chi connectivity index (χ0n) is 10.3. The normalized spacial score (nSPS) is 23.7. The van der Waals surface area contributed by atoms with Gasteiger partial charge in [0.25, 0.3) is 5.91 Å². The standard InChI is InChI=1S/C13H16N2O3/c1-13(8-14)5-2-6-15(9-13)12(17)11-4-3-10(7-16)18-11/h3-4,16H,2,5-7,9H2,1H3/t13-/m0/s1. The van der Waals surface area contributed by atoms with E-state index in [2.05, 4.69) is 6.07 Å². The highest BCUT2D eigenvalue weighted by molar-refractivity contribution is 5.91. The van der Waals surface area contributed by atoms with Crippen LogP contribution in [0.15, 0.2) is 16.5 Å². The van der Waals surface area contributed by atoms with Crippen LogP contribution >= 0.6 is 0 Å². The van der Waals surface area contributed by atoms with Crippen LogP contribution in [-0.4, -0.2) is 29.0 Å². The topological polar surface area (TPSA) is 77.5 Å². The maximum atomic E-state index is 12.2. The fraction of sp³-hybridized carbons (Fsp3) is 0.538. The number of amides is 1. The first-order valence-electron chi connectivity index (χ1n) is 5.98. The van der Waals surface area contributed by atoms with Gasteiger partial charge in [-0.2, -0.15) is 5.26 Å². The number of carbonyl (C=O) groups excluding carboxylic acids is 1. The summed E-state index contributed by atoms with van der Waals surface area (Å²) in [6, 6.07) is 5.41. The van der Waals surface area contributed by atoms with Gasteiger partial charge in [-0.05, 0) is 31.9 Å². The SMILES string of the molecule is C[C@@]1(C#N)CCCN(C(=O)c2ccc(CO)o2)C1. The molecular weight excluding hydrogens is 232 g/mol. The molecule has 96 valence electrons. The Morgan fingerprint density at radius 1 is 1.67 bits per heavy atom. The second-order valence-corrected chi connectivity index (χ2v) is 4.93. The summed E-state index contributed by atoms with van der Waals surface area (Å²) in [5.41, 5.74) is -0.472. The van der Waals surface area contributed by atoms with Crippen molar-refractivity contribution >= 4 is 5.91 Å². The Bertz CT molecular complexity index is 489. The first-order valence-corrected chi connectivity index (χ1v) is 5.98. The molecule has 1 atom stereocenters. The molecule has 0 unspecified atom stereocenters. The van der Waals surface area contributed by atoms with Crippen molar-refractivity contribution < 1.29 is 14.3 Å². The molecule has 0 aromatic carbocycles. The smallest absolute Gasteiger partial charge is 0.289 e. The first-order chi connectivity index (χ1) is 8.58. The van der Waals surface area contributed by atoms with Crippen molar-refractivity contribution in [2.24, 2.45) is 5.41 Å². The Kier molecular flexibility index (Phi) is 3.39. The van der Waals surface area contributed by atoms with E-state index < -0.39 is 5.41 Å². The highest BCUT2D eigenvalue weighted by Crippen LogP contribution is 2.29. The highest BCUT2D eigenvalue weighted by atomic mass is 16.4. The Balaban J connectivity index is 2.12. The minimum Gasteiger partial charge on any atom is -0.453 e. The maximum Gasteiger partial charge on any atom is 0.289 e. The number of nitrogens with zero attached hydrogens (tertiary/aromatic N) is 2. The molecule has 2 heterocycles. The number of hydrogen-bond acceptors (Lipinski definition) is 4. The maximum absolute atomic E-state index is 12.2. The third kappa shape index (κ3) is 2.39. The van der Waals surface area contributed by atoms with Gasteiger partial charge < -0.3 is 14.4 Å². The van der Waals surface area contributed by atoms with E-state index in [4.69, 9.17) is 14.8 Å². The summed E-state index contributed by atoms with van der Waals surface area (Å²) < 4.78 is 5.23. The van der Waals surface area contributed by atoms with Crippen molar-refractivity contribution in [3.05, 3.63) is 23.7 Å². The van der Waals surface area contributed by atoms with Gasteiger partial charge in [-0.25, -0.2) is 0 Å². The molecule has 1 N–H and O–H groups in total. The van der Waals surface area contributed by atoms with Crippen LogP contribution in [0.25, 0.3) is 0 Å². The third-order valence-electron chi connectivity index (χ3n) is 3.28. The van der Waals surface area contributed by atoms with Gasteiger partial charge in [-0.1, -0.05) is 0 Å². The van der Waals surface area contributed by atoms with Crippen LogP contribution < -0.4 is 0 Å². The molecule has 0 saturated carbocycles. The Labute approximate surface area is 106 Å². The summed E-state index contributed by atoms with van der Waals surface area (Å²) in [6.45, 7) is 2.72. The van der Waals surface area contributed by atoms with Crippen molar-refractivity contribution in [1.29, 1.82) is 5.26 Å². The lowest BCUT2D eigenvalue weighted by Crippen LogP contribution is -2.44. The van der Waals surface area contributed by atoms with E-state index in [-0.39, 0.29) is 18.3 Å². The predicted molar refractivity (Wildman–Crippen MR) is 63.5 cm³/mol. The fourth-order valence-electron chi connectivity index (χ4n) is 2.24. The van der Waals surface area contributed by atoms with Crippen LogP contribution in [0.3, 0.4) is 0 Å². The number of likely N-dealkylation sites (tertiary alicyclic amines) is 1. The number of aliphatic hydroxyl groups excluding tert-OH is 1. The number of aliphatic hydroxyl groups is 1. The van der Waals surface area contributed by atoms with E-state index in [0.29, 0.717) is 18.8 Å². The zero-order chi connectivity index (χ0) is 13.2. The van der Waals surface area contributed by atoms with Gasteiger partial charge in [0.15, 0.2) is 5.76 Å². The van der Waals surface area contributed by atoms with Gasteiger partial charge in [0.2, 0.25) is 0 Å². The van der Waals surface area contributed by atoms with E-state index in [1.54, 1.807) is 17.0 Å². The number of hydrogen-bond donors (Lipinski definition) is 1. The van der Waals surface area contributed by atoms with Crippen molar-refractivity contribution in [1.82, 2.24) is 4.90 Å². The van der Waals surface area contributed by atoms with Crippen molar-refractivity contribution in [2.75, 3.05) is 13.1 Å². The van der Waals surface area contributed by atoms with Gasteiger partial charge >= 0.3 is 0 Å². The van der Waals surface area contributed by atoms with Crippen LogP contribution in [0, 0.1) is 16.7 Å².